The SMILES string of the molecule is Cc1[nH]n(-c2ccccc2)c(=O)c1CNc1nc(N2CCCC2)n[nH]1. The van der Waals surface area contributed by atoms with Crippen LogP contribution in [0.25, 0.3) is 5.69 Å². The Balaban J connectivity index is 1.50. The Kier molecular flexibility index (Phi) is 4.01. The molecule has 0 radical (unpaired) electrons. The molecule has 1 saturated heterocycles. The Morgan fingerprint density at radius 2 is 1.96 bits per heavy atom. The quantitative estimate of drug-likeness (QED) is 0.659. The number of anilines is 2. The van der Waals surface area contributed by atoms with E-state index in [-0.39, 0.29) is 5.56 Å². The molecule has 130 valence electrons. The zero-order chi connectivity index (χ0) is 17.2. The summed E-state index contributed by atoms with van der Waals surface area (Å²) in [6, 6.07) is 9.53. The third-order valence-electron chi connectivity index (χ3n) is 4.50. The van der Waals surface area contributed by atoms with Gasteiger partial charge < -0.3 is 10.2 Å². The van der Waals surface area contributed by atoms with E-state index >= 15 is 0 Å². The Bertz CT molecular complexity index is 903. The summed E-state index contributed by atoms with van der Waals surface area (Å²) in [6.45, 7) is 4.27. The van der Waals surface area contributed by atoms with Gasteiger partial charge in [-0.1, -0.05) is 18.2 Å². The fraction of sp³-hybridized carbons (Fsp3) is 0.353. The van der Waals surface area contributed by atoms with Gasteiger partial charge in [0.25, 0.3) is 5.56 Å². The van der Waals surface area contributed by atoms with Crippen molar-refractivity contribution in [2.75, 3.05) is 23.3 Å². The predicted molar refractivity (Wildman–Crippen MR) is 96.3 cm³/mol. The van der Waals surface area contributed by atoms with Crippen LogP contribution in [0.15, 0.2) is 35.1 Å². The number of hydrogen-bond acceptors (Lipinski definition) is 5. The van der Waals surface area contributed by atoms with Gasteiger partial charge in [0.05, 0.1) is 17.8 Å². The maximum atomic E-state index is 12.7. The molecular formula is C17H21N7O. The Hall–Kier alpha value is -3.03. The number of rotatable bonds is 5. The summed E-state index contributed by atoms with van der Waals surface area (Å²) < 4.78 is 1.56. The van der Waals surface area contributed by atoms with Crippen LogP contribution in [0, 0.1) is 6.92 Å². The highest BCUT2D eigenvalue weighted by Gasteiger charge is 2.17. The van der Waals surface area contributed by atoms with Crippen LogP contribution in [-0.2, 0) is 6.54 Å². The van der Waals surface area contributed by atoms with E-state index in [1.54, 1.807) is 4.68 Å². The third-order valence-corrected chi connectivity index (χ3v) is 4.50. The van der Waals surface area contributed by atoms with Crippen LogP contribution in [0.3, 0.4) is 0 Å². The maximum Gasteiger partial charge on any atom is 0.276 e. The minimum absolute atomic E-state index is 0.0597. The largest absolute Gasteiger partial charge is 0.350 e. The minimum Gasteiger partial charge on any atom is -0.350 e. The van der Waals surface area contributed by atoms with Crippen molar-refractivity contribution < 1.29 is 0 Å². The smallest absolute Gasteiger partial charge is 0.276 e. The molecule has 0 atom stereocenters. The van der Waals surface area contributed by atoms with Gasteiger partial charge in [-0.2, -0.15) is 4.98 Å². The summed E-state index contributed by atoms with van der Waals surface area (Å²) in [7, 11) is 0. The molecule has 0 spiro atoms. The van der Waals surface area contributed by atoms with Gasteiger partial charge in [-0.3, -0.25) is 9.89 Å². The molecule has 0 bridgehead atoms. The molecule has 1 aliphatic heterocycles. The van der Waals surface area contributed by atoms with Gasteiger partial charge in [-0.15, -0.1) is 5.10 Å². The molecule has 8 nitrogen and oxygen atoms in total. The second-order valence-corrected chi connectivity index (χ2v) is 6.22. The van der Waals surface area contributed by atoms with Crippen LogP contribution in [0.5, 0.6) is 0 Å². The number of benzene rings is 1. The summed E-state index contributed by atoms with van der Waals surface area (Å²) in [6.07, 6.45) is 2.36. The van der Waals surface area contributed by atoms with Gasteiger partial charge in [-0.25, -0.2) is 9.78 Å². The van der Waals surface area contributed by atoms with Gasteiger partial charge in [0.2, 0.25) is 11.9 Å². The van der Waals surface area contributed by atoms with Gasteiger partial charge in [0.1, 0.15) is 0 Å². The highest BCUT2D eigenvalue weighted by Crippen LogP contribution is 2.16. The highest BCUT2D eigenvalue weighted by molar-refractivity contribution is 5.39. The van der Waals surface area contributed by atoms with Crippen molar-refractivity contribution in [1.82, 2.24) is 25.0 Å². The van der Waals surface area contributed by atoms with Crippen molar-refractivity contribution in [1.29, 1.82) is 0 Å². The van der Waals surface area contributed by atoms with E-state index in [1.165, 1.54) is 12.8 Å². The third kappa shape index (κ3) is 3.02. The predicted octanol–water partition coefficient (Wildman–Crippen LogP) is 1.80. The summed E-state index contributed by atoms with van der Waals surface area (Å²) in [5.41, 5.74) is 2.27. The molecule has 3 heterocycles. The zero-order valence-electron chi connectivity index (χ0n) is 14.1. The first-order valence-electron chi connectivity index (χ1n) is 8.49. The topological polar surface area (TPSA) is 94.6 Å². The Morgan fingerprint density at radius 1 is 1.20 bits per heavy atom. The number of para-hydroxylation sites is 1. The lowest BCUT2D eigenvalue weighted by Gasteiger charge is -2.10. The van der Waals surface area contributed by atoms with Gasteiger partial charge in [-0.05, 0) is 31.9 Å². The number of aromatic amines is 2. The minimum atomic E-state index is -0.0597. The molecule has 1 fully saturated rings. The molecule has 0 aliphatic carbocycles. The van der Waals surface area contributed by atoms with Crippen LogP contribution in [0.2, 0.25) is 0 Å². The molecule has 1 aromatic carbocycles. The number of aryl methyl sites for hydroxylation is 1. The van der Waals surface area contributed by atoms with E-state index in [0.717, 1.165) is 24.5 Å². The molecule has 3 N–H and O–H groups in total. The van der Waals surface area contributed by atoms with Crippen LogP contribution >= 0.6 is 0 Å². The molecule has 0 saturated carbocycles. The molecule has 1 aliphatic rings. The van der Waals surface area contributed by atoms with Gasteiger partial charge in [0, 0.05) is 18.8 Å². The summed E-state index contributed by atoms with van der Waals surface area (Å²) in [5.74, 6) is 1.29. The average molecular weight is 339 g/mol. The lowest BCUT2D eigenvalue weighted by Crippen LogP contribution is -2.19. The lowest BCUT2D eigenvalue weighted by atomic mass is 10.2. The zero-order valence-corrected chi connectivity index (χ0v) is 14.1. The number of nitrogens with zero attached hydrogens (tertiary/aromatic N) is 4. The van der Waals surface area contributed by atoms with Crippen molar-refractivity contribution >= 4 is 11.9 Å². The molecule has 2 aromatic heterocycles. The summed E-state index contributed by atoms with van der Waals surface area (Å²) in [4.78, 5) is 19.3. The normalized spacial score (nSPS) is 14.2. The van der Waals surface area contributed by atoms with Crippen LogP contribution in [0.4, 0.5) is 11.9 Å². The van der Waals surface area contributed by atoms with Crippen molar-refractivity contribution in [3.8, 4) is 5.69 Å². The van der Waals surface area contributed by atoms with E-state index in [2.05, 4.69) is 30.5 Å². The van der Waals surface area contributed by atoms with E-state index in [4.69, 9.17) is 0 Å². The highest BCUT2D eigenvalue weighted by atomic mass is 16.1. The van der Waals surface area contributed by atoms with E-state index in [9.17, 15) is 4.79 Å². The van der Waals surface area contributed by atoms with Crippen molar-refractivity contribution in [3.63, 3.8) is 0 Å². The first kappa shape index (κ1) is 15.5. The number of H-pyrrole nitrogens is 2. The molecule has 8 heteroatoms. The molecule has 4 rings (SSSR count). The summed E-state index contributed by atoms with van der Waals surface area (Å²) >= 11 is 0. The summed E-state index contributed by atoms with van der Waals surface area (Å²) in [5, 5.41) is 13.4. The van der Waals surface area contributed by atoms with E-state index in [1.807, 2.05) is 37.3 Å². The van der Waals surface area contributed by atoms with Gasteiger partial charge >= 0.3 is 0 Å². The Morgan fingerprint density at radius 3 is 2.72 bits per heavy atom. The maximum absolute atomic E-state index is 12.7. The number of aromatic nitrogens is 5. The van der Waals surface area contributed by atoms with Crippen molar-refractivity contribution in [2.24, 2.45) is 0 Å². The fourth-order valence-corrected chi connectivity index (χ4v) is 3.11. The molecule has 0 unspecified atom stereocenters. The standard InChI is InChI=1S/C17H21N7O/c1-12-14(15(25)24(22-12)13-7-3-2-4-8-13)11-18-16-19-17(21-20-16)23-9-5-6-10-23/h2-4,7-8,22H,5-6,9-11H2,1H3,(H2,18,19,20,21). The van der Waals surface area contributed by atoms with Crippen LogP contribution < -0.4 is 15.8 Å². The monoisotopic (exact) mass is 339 g/mol. The molecule has 3 aromatic rings. The van der Waals surface area contributed by atoms with Crippen molar-refractivity contribution in [2.45, 2.75) is 26.3 Å². The van der Waals surface area contributed by atoms with E-state index < -0.39 is 0 Å². The van der Waals surface area contributed by atoms with Gasteiger partial charge in [0.15, 0.2) is 0 Å². The van der Waals surface area contributed by atoms with Crippen molar-refractivity contribution in [3.05, 3.63) is 51.9 Å². The Labute approximate surface area is 144 Å². The number of hydrogen-bond donors (Lipinski definition) is 3. The molecule has 25 heavy (non-hydrogen) atoms. The average Bonchev–Trinajstić information content (AvgIpc) is 3.35. The molecule has 0 amide bonds. The second kappa shape index (κ2) is 6.46. The van der Waals surface area contributed by atoms with Crippen LogP contribution in [-0.4, -0.2) is 38.1 Å². The molecular weight excluding hydrogens is 318 g/mol. The first-order chi connectivity index (χ1) is 12.2. The van der Waals surface area contributed by atoms with Crippen LogP contribution in [0.1, 0.15) is 24.1 Å². The second-order valence-electron chi connectivity index (χ2n) is 6.22. The fourth-order valence-electron chi connectivity index (χ4n) is 3.11. The first-order valence-corrected chi connectivity index (χ1v) is 8.49. The number of nitrogens with one attached hydrogen (secondary N) is 3. The van der Waals surface area contributed by atoms with E-state index in [0.29, 0.717) is 24.0 Å². The lowest BCUT2D eigenvalue weighted by molar-refractivity contribution is 0.834.